The fraction of sp³-hybridized carbons (Fsp3) is 0.182. The molecular weight excluding hydrogens is 351 g/mol. The lowest BCUT2D eigenvalue weighted by Crippen LogP contribution is -2.48. The van der Waals surface area contributed by atoms with E-state index in [9.17, 15) is 10.0 Å². The summed E-state index contributed by atoms with van der Waals surface area (Å²) >= 11 is 0. The molecule has 3 rings (SSSR count). The van der Waals surface area contributed by atoms with Gasteiger partial charge in [0.25, 0.3) is 0 Å². The van der Waals surface area contributed by atoms with Crippen LogP contribution in [0.1, 0.15) is 29.5 Å². The fourth-order valence-corrected chi connectivity index (χ4v) is 3.62. The van der Waals surface area contributed by atoms with Crippen molar-refractivity contribution in [3.05, 3.63) is 108 Å². The quantitative estimate of drug-likeness (QED) is 0.353. The summed E-state index contributed by atoms with van der Waals surface area (Å²) in [4.78, 5) is 0. The molecule has 5 nitrogen and oxygen atoms in total. The first-order valence-corrected chi connectivity index (χ1v) is 8.83. The lowest BCUT2D eigenvalue weighted by atomic mass is 9.67. The zero-order valence-electron chi connectivity index (χ0n) is 16.6. The molecule has 0 aromatic heterocycles. The van der Waals surface area contributed by atoms with Gasteiger partial charge in [-0.2, -0.15) is 0 Å². The Bertz CT molecular complexity index is 690. The van der Waals surface area contributed by atoms with Gasteiger partial charge in [-0.3, -0.25) is 0 Å². The van der Waals surface area contributed by atoms with Crippen molar-refractivity contribution in [1.29, 1.82) is 0 Å². The molecule has 3 aromatic carbocycles. The van der Waals surface area contributed by atoms with Gasteiger partial charge in [0.05, 0.1) is 7.32 Å². The minimum atomic E-state index is -2.23. The third-order valence-electron chi connectivity index (χ3n) is 4.75. The molecule has 0 amide bonds. The normalized spacial score (nSPS) is 10.5. The standard InChI is InChI=1S/C22H21BO3.2H3N/c24-23(25)26-18-10-17-22(19-11-4-1-5-12-19,20-13-6-2-7-14-20)21-15-8-3-9-16-21;;/h1-9,11-16H,10,17-18H2;2*1H3/q-2;;/p+2. The predicted octanol–water partition coefficient (Wildman–Crippen LogP) is 3.28. The largest absolute Gasteiger partial charge is 0.871 e. The Morgan fingerprint density at radius 2 is 1.00 bits per heavy atom. The maximum atomic E-state index is 10.7. The van der Waals surface area contributed by atoms with Gasteiger partial charge in [0.1, 0.15) is 0 Å². The molecule has 0 fully saturated rings. The summed E-state index contributed by atoms with van der Waals surface area (Å²) in [6, 6.07) is 31.0. The van der Waals surface area contributed by atoms with Crippen LogP contribution in [0.3, 0.4) is 0 Å². The molecule has 0 aliphatic heterocycles. The molecule has 0 aliphatic rings. The first-order valence-electron chi connectivity index (χ1n) is 8.83. The highest BCUT2D eigenvalue weighted by molar-refractivity contribution is 6.28. The van der Waals surface area contributed by atoms with E-state index in [-0.39, 0.29) is 24.3 Å². The molecule has 0 unspecified atom stereocenters. The van der Waals surface area contributed by atoms with Gasteiger partial charge < -0.3 is 27.0 Å². The molecule has 0 radical (unpaired) electrons. The van der Waals surface area contributed by atoms with Crippen molar-refractivity contribution < 1.29 is 14.7 Å². The first-order chi connectivity index (χ1) is 12.7. The summed E-state index contributed by atoms with van der Waals surface area (Å²) in [6.07, 6.45) is 1.34. The Morgan fingerprint density at radius 3 is 1.32 bits per heavy atom. The van der Waals surface area contributed by atoms with Crippen LogP contribution in [0.5, 0.6) is 0 Å². The van der Waals surface area contributed by atoms with Crippen molar-refractivity contribution in [2.45, 2.75) is 18.3 Å². The zero-order valence-corrected chi connectivity index (χ0v) is 16.6. The van der Waals surface area contributed by atoms with Crippen molar-refractivity contribution >= 4 is 7.32 Å². The summed E-state index contributed by atoms with van der Waals surface area (Å²) < 4.78 is 4.73. The molecule has 8 N–H and O–H groups in total. The molecule has 0 saturated heterocycles. The summed E-state index contributed by atoms with van der Waals surface area (Å²) in [6.45, 7) is 0.159. The highest BCUT2D eigenvalue weighted by Crippen LogP contribution is 2.42. The molecule has 6 heteroatoms. The molecule has 148 valence electrons. The number of rotatable bonds is 8. The van der Waals surface area contributed by atoms with Crippen LogP contribution in [0.15, 0.2) is 91.0 Å². The Morgan fingerprint density at radius 1 is 0.643 bits per heavy atom. The summed E-state index contributed by atoms with van der Waals surface area (Å²) in [7, 11) is -2.23. The molecule has 0 spiro atoms. The number of hydrogen-bond donors (Lipinski definition) is 2. The lowest BCUT2D eigenvalue weighted by molar-refractivity contribution is -0.381. The Labute approximate surface area is 167 Å². The van der Waals surface area contributed by atoms with E-state index < -0.39 is 7.32 Å². The highest BCUT2D eigenvalue weighted by Gasteiger charge is 2.35. The van der Waals surface area contributed by atoms with Crippen LogP contribution < -0.4 is 22.3 Å². The van der Waals surface area contributed by atoms with Gasteiger partial charge in [-0.05, 0) is 29.5 Å². The van der Waals surface area contributed by atoms with E-state index in [1.807, 2.05) is 54.6 Å². The minimum Gasteiger partial charge on any atom is -0.871 e. The molecule has 0 heterocycles. The van der Waals surface area contributed by atoms with E-state index >= 15 is 0 Å². The molecule has 28 heavy (non-hydrogen) atoms. The number of hydrogen-bond acceptors (Lipinski definition) is 3. The van der Waals surface area contributed by atoms with Crippen LogP contribution in [-0.2, 0) is 10.1 Å². The van der Waals surface area contributed by atoms with E-state index in [1.165, 1.54) is 16.7 Å². The average Bonchev–Trinajstić information content (AvgIpc) is 2.70. The van der Waals surface area contributed by atoms with Gasteiger partial charge in [0, 0.05) is 12.0 Å². The predicted molar refractivity (Wildman–Crippen MR) is 112 cm³/mol. The van der Waals surface area contributed by atoms with Gasteiger partial charge >= 0.3 is 0 Å². The van der Waals surface area contributed by atoms with Crippen molar-refractivity contribution in [3.8, 4) is 0 Å². The topological polar surface area (TPSA) is 128 Å². The van der Waals surface area contributed by atoms with Crippen molar-refractivity contribution in [2.75, 3.05) is 6.61 Å². The molecule has 0 atom stereocenters. The molecule has 0 saturated carbocycles. The van der Waals surface area contributed by atoms with Crippen LogP contribution in [0.2, 0.25) is 0 Å². The summed E-state index contributed by atoms with van der Waals surface area (Å²) in [5.41, 5.74) is 3.17. The van der Waals surface area contributed by atoms with Crippen LogP contribution in [0, 0.1) is 0 Å². The first kappa shape index (κ1) is 23.6. The number of benzene rings is 3. The van der Waals surface area contributed by atoms with Crippen LogP contribution in [0.25, 0.3) is 0 Å². The van der Waals surface area contributed by atoms with Gasteiger partial charge in [0.15, 0.2) is 0 Å². The molecule has 3 aromatic rings. The van der Waals surface area contributed by atoms with E-state index in [1.54, 1.807) is 0 Å². The molecular formula is C22H29BN2O3. The fourth-order valence-electron chi connectivity index (χ4n) is 3.62. The van der Waals surface area contributed by atoms with Crippen LogP contribution in [-0.4, -0.2) is 13.9 Å². The number of quaternary nitrogens is 2. The van der Waals surface area contributed by atoms with E-state index in [4.69, 9.17) is 4.65 Å². The second-order valence-corrected chi connectivity index (χ2v) is 6.27. The molecule has 0 aliphatic carbocycles. The summed E-state index contributed by atoms with van der Waals surface area (Å²) in [5, 5.41) is 21.4. The highest BCUT2D eigenvalue weighted by atomic mass is 16.6. The zero-order chi connectivity index (χ0) is 18.2. The second-order valence-electron chi connectivity index (χ2n) is 6.27. The third-order valence-corrected chi connectivity index (χ3v) is 4.75. The van der Waals surface area contributed by atoms with Crippen LogP contribution >= 0.6 is 0 Å². The monoisotopic (exact) mass is 380 g/mol. The Kier molecular flexibility index (Phi) is 9.58. The van der Waals surface area contributed by atoms with E-state index in [0.29, 0.717) is 6.42 Å². The Hall–Kier alpha value is -2.48. The Balaban J connectivity index is 0.00000196. The maximum Gasteiger partial charge on any atom is 0.0604 e. The smallest absolute Gasteiger partial charge is 0.0604 e. The van der Waals surface area contributed by atoms with Gasteiger partial charge in [-0.15, -0.1) is 0 Å². The van der Waals surface area contributed by atoms with E-state index in [0.717, 1.165) is 6.42 Å². The molecule has 0 bridgehead atoms. The second kappa shape index (κ2) is 11.4. The van der Waals surface area contributed by atoms with Crippen molar-refractivity contribution in [1.82, 2.24) is 12.3 Å². The van der Waals surface area contributed by atoms with E-state index in [2.05, 4.69) is 36.4 Å². The minimum absolute atomic E-state index is 0. The third kappa shape index (κ3) is 5.28. The average molecular weight is 380 g/mol. The van der Waals surface area contributed by atoms with Gasteiger partial charge in [-0.25, -0.2) is 0 Å². The van der Waals surface area contributed by atoms with Crippen LogP contribution in [0.4, 0.5) is 0 Å². The summed E-state index contributed by atoms with van der Waals surface area (Å²) in [5.74, 6) is 0. The maximum absolute atomic E-state index is 10.7. The van der Waals surface area contributed by atoms with Crippen molar-refractivity contribution in [2.24, 2.45) is 0 Å². The SMILES string of the molecule is [NH4+].[NH4+].[O-]B([O-])OCCCC(c1ccccc1)(c1ccccc1)c1ccccc1. The lowest BCUT2D eigenvalue weighted by Gasteiger charge is -2.37. The van der Waals surface area contributed by atoms with Crippen molar-refractivity contribution in [3.63, 3.8) is 0 Å². The van der Waals surface area contributed by atoms with Gasteiger partial charge in [0.2, 0.25) is 0 Å². The van der Waals surface area contributed by atoms with Gasteiger partial charge in [-0.1, -0.05) is 91.0 Å².